The quantitative estimate of drug-likeness (QED) is 0.638. The normalized spacial score (nSPS) is 20.5. The molecule has 1 saturated heterocycles. The van der Waals surface area contributed by atoms with Crippen molar-refractivity contribution in [3.63, 3.8) is 0 Å². The Morgan fingerprint density at radius 1 is 1.28 bits per heavy atom. The summed E-state index contributed by atoms with van der Waals surface area (Å²) < 4.78 is 10.6. The molecule has 1 fully saturated rings. The summed E-state index contributed by atoms with van der Waals surface area (Å²) in [5, 5.41) is 10.6. The number of carbonyl (C=O) groups excluding carboxylic acids is 2. The van der Waals surface area contributed by atoms with Gasteiger partial charge in [0.05, 0.1) is 37.6 Å². The number of rotatable bonds is 7. The highest BCUT2D eigenvalue weighted by molar-refractivity contribution is 6.14. The number of H-pyrrole nitrogens is 1. The number of carbonyl (C=O) groups is 2. The number of Topliss-reactive ketones (excluding diaryl/α,β-unsaturated/α-hetero) is 1. The molecule has 8 nitrogen and oxygen atoms in total. The second kappa shape index (κ2) is 8.59. The van der Waals surface area contributed by atoms with E-state index in [9.17, 15) is 14.7 Å². The molecule has 0 aromatic carbocycles. The molecule has 4 rings (SSSR count). The lowest BCUT2D eigenvalue weighted by Crippen LogP contribution is -3.14. The third-order valence-electron chi connectivity index (χ3n) is 5.47. The lowest BCUT2D eigenvalue weighted by atomic mass is 9.96. The molecule has 2 aliphatic heterocycles. The minimum absolute atomic E-state index is 0.0586. The third kappa shape index (κ3) is 3.94. The molecule has 3 N–H and O–H groups in total. The summed E-state index contributed by atoms with van der Waals surface area (Å²) in [5.74, 6) is -1.40. The molecular formula is C21H25N3O5+2. The monoisotopic (exact) mass is 399 g/mol. The molecule has 0 radical (unpaired) electrons. The van der Waals surface area contributed by atoms with Crippen molar-refractivity contribution in [3.8, 4) is 0 Å². The zero-order chi connectivity index (χ0) is 20.2. The first-order chi connectivity index (χ1) is 14.2. The fourth-order valence-electron chi connectivity index (χ4n) is 3.99. The van der Waals surface area contributed by atoms with Gasteiger partial charge in [0.15, 0.2) is 23.9 Å². The Morgan fingerprint density at radius 3 is 2.79 bits per heavy atom. The molecule has 4 heterocycles. The Hall–Kier alpha value is -2.97. The van der Waals surface area contributed by atoms with Crippen molar-refractivity contribution in [2.24, 2.45) is 0 Å². The molecule has 0 bridgehead atoms. The lowest BCUT2D eigenvalue weighted by molar-refractivity contribution is -0.908. The van der Waals surface area contributed by atoms with Crippen molar-refractivity contribution >= 4 is 11.7 Å². The first-order valence-electron chi connectivity index (χ1n) is 9.86. The van der Waals surface area contributed by atoms with Crippen LogP contribution in [0.5, 0.6) is 0 Å². The van der Waals surface area contributed by atoms with Crippen molar-refractivity contribution in [3.05, 3.63) is 65.6 Å². The van der Waals surface area contributed by atoms with E-state index in [4.69, 9.17) is 9.15 Å². The Bertz CT molecular complexity index is 888. The predicted octanol–water partition coefficient (Wildman–Crippen LogP) is -0.0228. The van der Waals surface area contributed by atoms with Crippen molar-refractivity contribution in [2.75, 3.05) is 39.4 Å². The van der Waals surface area contributed by atoms with Crippen LogP contribution < -0.4 is 9.88 Å². The van der Waals surface area contributed by atoms with Crippen molar-refractivity contribution in [1.29, 1.82) is 0 Å². The number of ether oxygens (including phenoxy) is 1. The maximum Gasteiger partial charge on any atom is 0.290 e. The van der Waals surface area contributed by atoms with Crippen molar-refractivity contribution < 1.29 is 33.7 Å². The van der Waals surface area contributed by atoms with Crippen LogP contribution in [0.25, 0.3) is 0 Å². The van der Waals surface area contributed by atoms with E-state index in [1.807, 2.05) is 6.07 Å². The van der Waals surface area contributed by atoms with E-state index < -0.39 is 23.5 Å². The molecule has 2 aromatic rings. The molecule has 29 heavy (non-hydrogen) atoms. The molecule has 0 spiro atoms. The highest BCUT2D eigenvalue weighted by Gasteiger charge is 2.44. The van der Waals surface area contributed by atoms with Crippen LogP contribution in [0.3, 0.4) is 0 Å². The largest absolute Gasteiger partial charge is 0.503 e. The summed E-state index contributed by atoms with van der Waals surface area (Å²) in [7, 11) is 0. The van der Waals surface area contributed by atoms with Gasteiger partial charge in [0, 0.05) is 24.6 Å². The Morgan fingerprint density at radius 2 is 2.10 bits per heavy atom. The third-order valence-corrected chi connectivity index (χ3v) is 5.47. The SMILES string of the molecule is O=C(C1=C(O)C(=O)N(CCC[NH+]2CCOCC2)C1c1ccc[nH+]c1)c1ccco1. The topological polar surface area (TPSA) is 98.6 Å². The summed E-state index contributed by atoms with van der Waals surface area (Å²) in [6.45, 7) is 4.77. The number of ketones is 1. The summed E-state index contributed by atoms with van der Waals surface area (Å²) in [6, 6.07) is 6.13. The number of hydrogen-bond acceptors (Lipinski definition) is 5. The number of aromatic nitrogens is 1. The van der Waals surface area contributed by atoms with Crippen LogP contribution in [0.15, 0.2) is 58.7 Å². The molecule has 2 aromatic heterocycles. The Labute approximate surface area is 168 Å². The Balaban J connectivity index is 1.57. The summed E-state index contributed by atoms with van der Waals surface area (Å²) in [4.78, 5) is 31.9. The van der Waals surface area contributed by atoms with Gasteiger partial charge < -0.3 is 24.1 Å². The number of amides is 1. The van der Waals surface area contributed by atoms with Crippen LogP contribution in [-0.4, -0.2) is 61.1 Å². The number of nitrogens with zero attached hydrogens (tertiary/aromatic N) is 1. The second-order valence-electron chi connectivity index (χ2n) is 7.27. The minimum atomic E-state index is -0.655. The van der Waals surface area contributed by atoms with Crippen molar-refractivity contribution in [1.82, 2.24) is 4.90 Å². The van der Waals surface area contributed by atoms with Gasteiger partial charge in [-0.1, -0.05) is 0 Å². The second-order valence-corrected chi connectivity index (χ2v) is 7.27. The van der Waals surface area contributed by atoms with Gasteiger partial charge in [-0.15, -0.1) is 0 Å². The number of aliphatic hydroxyl groups is 1. The summed E-state index contributed by atoms with van der Waals surface area (Å²) in [6.07, 6.45) is 5.66. The van der Waals surface area contributed by atoms with Gasteiger partial charge in [-0.2, -0.15) is 0 Å². The first-order valence-corrected chi connectivity index (χ1v) is 9.86. The van der Waals surface area contributed by atoms with E-state index in [0.717, 1.165) is 44.8 Å². The lowest BCUT2D eigenvalue weighted by Gasteiger charge is -2.27. The standard InChI is InChI=1S/C21H23N3O5/c25-19(16-5-2-11-29-16)17-18(15-4-1-6-22-14-15)24(21(27)20(17)26)8-3-7-23-9-12-28-13-10-23/h1-2,4-6,11,14,18,26H,3,7-10,12-13H2/p+2. The number of nitrogens with one attached hydrogen (secondary N) is 2. The van der Waals surface area contributed by atoms with Crippen LogP contribution in [0.1, 0.15) is 28.6 Å². The smallest absolute Gasteiger partial charge is 0.290 e. The minimum Gasteiger partial charge on any atom is -0.503 e. The zero-order valence-electron chi connectivity index (χ0n) is 16.1. The fourth-order valence-corrected chi connectivity index (χ4v) is 3.99. The summed E-state index contributed by atoms with van der Waals surface area (Å²) in [5.41, 5.74) is 0.793. The average molecular weight is 399 g/mol. The maximum absolute atomic E-state index is 13.0. The molecule has 152 valence electrons. The molecule has 1 unspecified atom stereocenters. The predicted molar refractivity (Wildman–Crippen MR) is 101 cm³/mol. The van der Waals surface area contributed by atoms with Crippen LogP contribution in [0.2, 0.25) is 0 Å². The average Bonchev–Trinajstić information content (AvgIpc) is 3.38. The molecule has 8 heteroatoms. The van der Waals surface area contributed by atoms with Crippen molar-refractivity contribution in [2.45, 2.75) is 12.5 Å². The van der Waals surface area contributed by atoms with Gasteiger partial charge in [0.1, 0.15) is 13.1 Å². The number of hydrogen-bond donors (Lipinski definition) is 2. The number of morpholine rings is 1. The van der Waals surface area contributed by atoms with Crippen LogP contribution >= 0.6 is 0 Å². The molecule has 0 aliphatic carbocycles. The maximum atomic E-state index is 13.0. The van der Waals surface area contributed by atoms with E-state index in [2.05, 4.69) is 4.98 Å². The highest BCUT2D eigenvalue weighted by atomic mass is 16.5. The van der Waals surface area contributed by atoms with Gasteiger partial charge in [0.25, 0.3) is 5.91 Å². The van der Waals surface area contributed by atoms with Crippen LogP contribution in [-0.2, 0) is 9.53 Å². The number of quaternary nitrogens is 1. The number of aromatic amines is 1. The van der Waals surface area contributed by atoms with Gasteiger partial charge in [0.2, 0.25) is 5.78 Å². The van der Waals surface area contributed by atoms with Gasteiger partial charge >= 0.3 is 0 Å². The van der Waals surface area contributed by atoms with E-state index in [1.165, 1.54) is 17.2 Å². The first kappa shape index (κ1) is 19.4. The molecular weight excluding hydrogens is 374 g/mol. The van der Waals surface area contributed by atoms with Gasteiger partial charge in [-0.3, -0.25) is 9.59 Å². The van der Waals surface area contributed by atoms with Crippen LogP contribution in [0, 0.1) is 0 Å². The molecule has 1 amide bonds. The number of pyridine rings is 1. The van der Waals surface area contributed by atoms with Gasteiger partial charge in [-0.05, 0) is 18.2 Å². The van der Waals surface area contributed by atoms with E-state index in [-0.39, 0.29) is 11.3 Å². The van der Waals surface area contributed by atoms with E-state index in [1.54, 1.807) is 29.4 Å². The van der Waals surface area contributed by atoms with Gasteiger partial charge in [-0.25, -0.2) is 4.98 Å². The fraction of sp³-hybridized carbons (Fsp3) is 0.381. The molecule has 1 atom stereocenters. The highest BCUT2D eigenvalue weighted by Crippen LogP contribution is 2.38. The summed E-state index contributed by atoms with van der Waals surface area (Å²) >= 11 is 0. The van der Waals surface area contributed by atoms with Crippen LogP contribution in [0.4, 0.5) is 0 Å². The van der Waals surface area contributed by atoms with E-state index >= 15 is 0 Å². The molecule has 0 saturated carbocycles. The van der Waals surface area contributed by atoms with E-state index in [0.29, 0.717) is 6.54 Å². The molecule has 2 aliphatic rings. The zero-order valence-corrected chi connectivity index (χ0v) is 16.1. The number of furan rings is 1. The Kier molecular flexibility index (Phi) is 5.73. The number of aliphatic hydroxyl groups excluding tert-OH is 1.